The number of pyridine rings is 8. The number of nitrogen functional groups attached to an aromatic ring is 1. The Morgan fingerprint density at radius 3 is 0.843 bits per heavy atom. The third kappa shape index (κ3) is 34.2. The van der Waals surface area contributed by atoms with Crippen molar-refractivity contribution >= 4 is 121 Å². The molecule has 8 aromatic heterocycles. The molecule has 0 saturated heterocycles. The summed E-state index contributed by atoms with van der Waals surface area (Å²) in [6.07, 6.45) is 23.5. The van der Waals surface area contributed by atoms with E-state index in [-0.39, 0.29) is 61.5 Å². The van der Waals surface area contributed by atoms with Crippen molar-refractivity contribution in [2.45, 2.75) is 161 Å². The van der Waals surface area contributed by atoms with Crippen molar-refractivity contribution in [2.75, 3.05) is 24.0 Å². The topological polar surface area (TPSA) is 312 Å². The average Bonchev–Trinajstić information content (AvgIpc) is 0.810. The molecule has 127 heavy (non-hydrogen) atoms. The highest BCUT2D eigenvalue weighted by atomic mass is 35.7. The van der Waals surface area contributed by atoms with E-state index in [9.17, 15) is 55.3 Å². The Labute approximate surface area is 774 Å². The van der Waals surface area contributed by atoms with Crippen molar-refractivity contribution in [1.82, 2.24) is 44.6 Å². The predicted molar refractivity (Wildman–Crippen MR) is 514 cm³/mol. The number of hydrogen-bond donors (Lipinski definition) is 2. The first-order valence-electron chi connectivity index (χ1n) is 39.4. The van der Waals surface area contributed by atoms with Crippen LogP contribution >= 0.6 is 67.8 Å². The van der Waals surface area contributed by atoms with Crippen molar-refractivity contribution < 1.29 is 55.3 Å². The number of rotatable bonds is 18. The highest BCUT2D eigenvalue weighted by molar-refractivity contribution is 8.13. The van der Waals surface area contributed by atoms with Crippen molar-refractivity contribution in [3.05, 3.63) is 280 Å². The molecule has 0 bridgehead atoms. The zero-order valence-electron chi connectivity index (χ0n) is 73.4. The van der Waals surface area contributed by atoms with E-state index in [1.165, 1.54) is 24.5 Å². The Bertz CT molecular complexity index is 6480. The molecule has 20 nitrogen and oxygen atoms in total. The van der Waals surface area contributed by atoms with Crippen molar-refractivity contribution in [1.29, 1.82) is 0 Å². The van der Waals surface area contributed by atoms with Gasteiger partial charge in [0.15, 0.2) is 19.7 Å². The smallest absolute Gasteiger partial charge is 0.399 e. The zero-order chi connectivity index (χ0) is 95.0. The summed E-state index contributed by atoms with van der Waals surface area (Å²) in [6, 6.07) is 44.3. The minimum absolute atomic E-state index is 0.00130. The second-order valence-electron chi connectivity index (χ2n) is 34.9. The van der Waals surface area contributed by atoms with Gasteiger partial charge in [0.25, 0.3) is 19.1 Å². The summed E-state index contributed by atoms with van der Waals surface area (Å²) in [4.78, 5) is 35.3. The van der Waals surface area contributed by atoms with Crippen LogP contribution in [0.4, 0.5) is 18.9 Å². The van der Waals surface area contributed by atoms with E-state index >= 15 is 0 Å². The van der Waals surface area contributed by atoms with Crippen LogP contribution < -0.4 is 10.5 Å². The molecule has 0 radical (unpaired) electrons. The minimum atomic E-state index is -5.31. The zero-order valence-corrected chi connectivity index (χ0v) is 82.1. The molecular formula is C93H103Cl6F3N10O10S5. The van der Waals surface area contributed by atoms with Gasteiger partial charge in [-0.25, -0.2) is 33.7 Å². The van der Waals surface area contributed by atoms with Crippen LogP contribution in [0.2, 0.25) is 20.1 Å². The number of hydrogen-bond acceptors (Lipinski definition) is 19. The quantitative estimate of drug-likeness (QED) is 0.0595. The Morgan fingerprint density at radius 2 is 0.614 bits per heavy atom. The fourth-order valence-electron chi connectivity index (χ4n) is 12.2. The standard InChI is InChI=1S/C25H29ClN2O2S.C22H20ClF3N2O2S.C22H23ClN2O2S.C20H20ClN3.C3H8ClNO2S.CH3ClO2S/c1-17(2)15-31(29,30)16-18-6-7-22(23(26)10-18)21-11-20(13-27-14-21)19-8-9-28-24(12-19)25(3,4)5;1-21(2,3)20-10-15(6-7-28-20)16-9-17(12-27-11-16)18-5-4-14(8-19(18)23)13-31(29,30)22(24,25)26;1-22(2,3)21-11-16(7-8-25-21)17-10-18(13-24-12-17)19-6-5-15(9-20(19)23)14-28(4,26)27;1-20(2,3)19-9-13(6-7-24-19)14-8-15(12-23-11-14)17-5-4-16(22)10-18(17)21;1-3(2)5-8(4,6)7;1-5(2,3)4/h6-14,17H,15-16H2,1-5H3;4-12H,13H2,1-3H3;5-13H,14H2,1-4H3;4-12H,22H2,1-3H3;3,5H,1-2H3;1H3. The molecule has 34 heteroatoms. The minimum Gasteiger partial charge on any atom is -0.399 e. The van der Waals surface area contributed by atoms with Crippen molar-refractivity contribution in [3.63, 3.8) is 0 Å². The van der Waals surface area contributed by atoms with Crippen molar-refractivity contribution in [3.8, 4) is 89.0 Å². The van der Waals surface area contributed by atoms with E-state index in [1.54, 1.807) is 69.1 Å². The molecule has 678 valence electrons. The molecule has 12 rings (SSSR count). The molecule has 0 spiro atoms. The van der Waals surface area contributed by atoms with E-state index in [2.05, 4.69) is 163 Å². The summed E-state index contributed by atoms with van der Waals surface area (Å²) in [6.45, 7) is 32.6. The van der Waals surface area contributed by atoms with Gasteiger partial charge < -0.3 is 5.73 Å². The van der Waals surface area contributed by atoms with E-state index in [4.69, 9.17) is 62.8 Å². The number of nitrogens with two attached hydrogens (primary N) is 1. The van der Waals surface area contributed by atoms with Crippen LogP contribution in [0.5, 0.6) is 0 Å². The molecule has 0 fully saturated rings. The lowest BCUT2D eigenvalue weighted by Crippen LogP contribution is -2.25. The van der Waals surface area contributed by atoms with Gasteiger partial charge >= 0.3 is 5.51 Å². The Hall–Kier alpha value is -8.88. The summed E-state index contributed by atoms with van der Waals surface area (Å²) in [5, 5.41) is 1.78. The number of nitrogens with zero attached hydrogens (tertiary/aromatic N) is 8. The molecule has 12 aromatic rings. The maximum Gasteiger partial charge on any atom is 0.497 e. The molecular weight excluding hydrogens is 1850 g/mol. The molecule has 0 saturated carbocycles. The SMILES string of the molecule is CC(C)(C)c1cc(-c2cncc(-c3ccc(CS(=O)(=O)C(F)(F)F)cc3Cl)c2)ccn1.CC(C)(C)c1cc(-c2cncc(-c3ccc(CS(C)(=O)=O)cc3Cl)c2)ccn1.CC(C)(C)c1cc(-c2cncc(-c3ccc(N)cc3Cl)c2)ccn1.CC(C)CS(=O)(=O)Cc1ccc(-c2cncc(-c3ccnc(C(C)(C)C)c3)c2)c(Cl)c1.CC(C)NS(=O)(=O)Cl.CS(=O)(=O)Cl. The summed E-state index contributed by atoms with van der Waals surface area (Å²) in [7, 11) is -8.96. The predicted octanol–water partition coefficient (Wildman–Crippen LogP) is 23.8. The number of sulfone groups is 3. The van der Waals surface area contributed by atoms with Gasteiger partial charge in [0.2, 0.25) is 9.05 Å². The highest BCUT2D eigenvalue weighted by Gasteiger charge is 2.45. The van der Waals surface area contributed by atoms with E-state index in [1.807, 2.05) is 136 Å². The highest BCUT2D eigenvalue weighted by Crippen LogP contribution is 2.40. The molecule has 0 aliphatic rings. The first-order chi connectivity index (χ1) is 58.5. The van der Waals surface area contributed by atoms with Crippen LogP contribution in [0, 0.1) is 5.92 Å². The fourth-order valence-corrected chi connectivity index (χ4v) is 17.9. The number of aromatic nitrogens is 8. The number of benzene rings is 4. The van der Waals surface area contributed by atoms with Gasteiger partial charge in [-0.2, -0.15) is 26.3 Å². The van der Waals surface area contributed by atoms with Gasteiger partial charge in [0, 0.05) is 240 Å². The maximum absolute atomic E-state index is 12.6. The normalized spacial score (nSPS) is 12.2. The molecule has 0 unspecified atom stereocenters. The van der Waals surface area contributed by atoms with Gasteiger partial charge in [-0.3, -0.25) is 39.9 Å². The molecule has 3 N–H and O–H groups in total. The lowest BCUT2D eigenvalue weighted by Gasteiger charge is -2.18. The molecule has 0 atom stereocenters. The average molecular weight is 1950 g/mol. The first-order valence-corrected chi connectivity index (χ1v) is 51.5. The van der Waals surface area contributed by atoms with Crippen LogP contribution in [-0.2, 0) is 86.7 Å². The monoisotopic (exact) mass is 1950 g/mol. The molecule has 0 aliphatic carbocycles. The number of nitrogens with one attached hydrogen (secondary N) is 1. The van der Waals surface area contributed by atoms with E-state index in [0.717, 1.165) is 107 Å². The number of alkyl halides is 3. The van der Waals surface area contributed by atoms with Crippen molar-refractivity contribution in [2.24, 2.45) is 5.92 Å². The van der Waals surface area contributed by atoms with Gasteiger partial charge in [-0.05, 0) is 162 Å². The third-order valence-electron chi connectivity index (χ3n) is 18.2. The Kier molecular flexibility index (Phi) is 36.2. The van der Waals surface area contributed by atoms with Gasteiger partial charge in [0.05, 0.1) is 34.3 Å². The second kappa shape index (κ2) is 43.7. The van der Waals surface area contributed by atoms with Gasteiger partial charge in [-0.15, -0.1) is 0 Å². The van der Waals surface area contributed by atoms with Gasteiger partial charge in [-0.1, -0.05) is 186 Å². The molecule has 0 amide bonds. The molecule has 8 heterocycles. The van der Waals surface area contributed by atoms with Crippen LogP contribution in [0.1, 0.15) is 150 Å². The van der Waals surface area contributed by atoms with E-state index in [0.29, 0.717) is 43.0 Å². The first kappa shape index (κ1) is 105. The summed E-state index contributed by atoms with van der Waals surface area (Å²) < 4.78 is 149. The second-order valence-corrected chi connectivity index (χ2v) is 48.1. The van der Waals surface area contributed by atoms with Crippen LogP contribution in [0.25, 0.3) is 89.0 Å². The maximum atomic E-state index is 12.6. The summed E-state index contributed by atoms with van der Waals surface area (Å²) in [5.41, 5.74) is 20.6. The largest absolute Gasteiger partial charge is 0.497 e. The molecule has 4 aromatic carbocycles. The van der Waals surface area contributed by atoms with Crippen LogP contribution in [0.15, 0.2) is 220 Å². The summed E-state index contributed by atoms with van der Waals surface area (Å²) >= 11 is 25.6. The lowest BCUT2D eigenvalue weighted by molar-refractivity contribution is -0.0437. The fraction of sp³-hybridized carbons (Fsp3) is 0.312. The van der Waals surface area contributed by atoms with Crippen LogP contribution in [0.3, 0.4) is 0 Å². The Morgan fingerprint density at radius 1 is 0.354 bits per heavy atom. The molecule has 0 aliphatic heterocycles. The number of anilines is 1. The summed E-state index contributed by atoms with van der Waals surface area (Å²) in [5.74, 6) is -0.934. The van der Waals surface area contributed by atoms with E-state index < -0.39 is 59.1 Å². The lowest BCUT2D eigenvalue weighted by atomic mass is 9.90. The van der Waals surface area contributed by atoms with Gasteiger partial charge in [0.1, 0.15) is 0 Å². The number of halogens is 9. The Balaban J connectivity index is 0.000000222. The van der Waals surface area contributed by atoms with Crippen LogP contribution in [-0.4, -0.2) is 112 Å². The third-order valence-corrected chi connectivity index (χ3v) is 24.7.